The summed E-state index contributed by atoms with van der Waals surface area (Å²) >= 11 is 0. The zero-order valence-electron chi connectivity index (χ0n) is 10.5. The molecule has 1 aliphatic rings. The Morgan fingerprint density at radius 2 is 2.16 bits per heavy atom. The first-order valence-corrected chi connectivity index (χ1v) is 6.32. The second-order valence-corrected chi connectivity index (χ2v) is 4.87. The Kier molecular flexibility index (Phi) is 4.11. The highest BCUT2D eigenvalue weighted by Gasteiger charge is 2.28. The molecule has 1 amide bonds. The maximum atomic E-state index is 11.7. The summed E-state index contributed by atoms with van der Waals surface area (Å²) in [4.78, 5) is 22.1. The Morgan fingerprint density at radius 3 is 2.79 bits per heavy atom. The molecule has 0 bridgehead atoms. The van der Waals surface area contributed by atoms with Gasteiger partial charge in [0.1, 0.15) is 0 Å². The molecule has 0 saturated heterocycles. The molecule has 0 spiro atoms. The van der Waals surface area contributed by atoms with Gasteiger partial charge in [0.2, 0.25) is 5.91 Å². The van der Waals surface area contributed by atoms with E-state index in [9.17, 15) is 14.9 Å². The first kappa shape index (κ1) is 13.5. The minimum atomic E-state index is -0.474. The average molecular weight is 263 g/mol. The predicted octanol–water partition coefficient (Wildman–Crippen LogP) is 0.991. The zero-order chi connectivity index (χ0) is 13.8. The standard InChI is InChI=1S/C13H17N3O3/c14-11(9-5-6-9)8-15-13(17)7-10-3-1-2-4-12(10)16(18)19/h1-4,9,11H,5-8,14H2,(H,15,17). The van der Waals surface area contributed by atoms with E-state index < -0.39 is 4.92 Å². The fourth-order valence-electron chi connectivity index (χ4n) is 2.00. The summed E-state index contributed by atoms with van der Waals surface area (Å²) < 4.78 is 0. The predicted molar refractivity (Wildman–Crippen MR) is 70.5 cm³/mol. The lowest BCUT2D eigenvalue weighted by Crippen LogP contribution is -2.39. The summed E-state index contributed by atoms with van der Waals surface area (Å²) in [6.07, 6.45) is 2.26. The smallest absolute Gasteiger partial charge is 0.273 e. The number of carbonyl (C=O) groups excluding carboxylic acids is 1. The van der Waals surface area contributed by atoms with Crippen LogP contribution in [-0.4, -0.2) is 23.4 Å². The molecule has 1 aromatic carbocycles. The van der Waals surface area contributed by atoms with E-state index in [1.54, 1.807) is 18.2 Å². The Bertz CT molecular complexity index is 486. The maximum absolute atomic E-state index is 11.7. The molecule has 1 unspecified atom stereocenters. The summed E-state index contributed by atoms with van der Waals surface area (Å²) in [5.41, 5.74) is 6.27. The van der Waals surface area contributed by atoms with E-state index in [4.69, 9.17) is 5.73 Å². The minimum absolute atomic E-state index is 0.00490. The van der Waals surface area contributed by atoms with Crippen LogP contribution in [0.5, 0.6) is 0 Å². The van der Waals surface area contributed by atoms with E-state index in [2.05, 4.69) is 5.32 Å². The number of hydrogen-bond acceptors (Lipinski definition) is 4. The summed E-state index contributed by atoms with van der Waals surface area (Å²) in [5.74, 6) is 0.289. The highest BCUT2D eigenvalue weighted by molar-refractivity contribution is 5.79. The number of nitro groups is 1. The lowest BCUT2D eigenvalue weighted by molar-refractivity contribution is -0.385. The molecule has 0 radical (unpaired) electrons. The van der Waals surface area contributed by atoms with Crippen LogP contribution in [-0.2, 0) is 11.2 Å². The SMILES string of the molecule is NC(CNC(=O)Cc1ccccc1[N+](=O)[O-])C1CC1. The Morgan fingerprint density at radius 1 is 1.47 bits per heavy atom. The Balaban J connectivity index is 1.89. The van der Waals surface area contributed by atoms with E-state index in [1.807, 2.05) is 0 Å². The molecule has 6 heteroatoms. The molecule has 2 rings (SSSR count). The minimum Gasteiger partial charge on any atom is -0.354 e. The van der Waals surface area contributed by atoms with E-state index in [1.165, 1.54) is 6.07 Å². The Hall–Kier alpha value is -1.95. The van der Waals surface area contributed by atoms with E-state index in [0.717, 1.165) is 12.8 Å². The second-order valence-electron chi connectivity index (χ2n) is 4.87. The van der Waals surface area contributed by atoms with Crippen molar-refractivity contribution in [3.63, 3.8) is 0 Å². The van der Waals surface area contributed by atoms with Crippen LogP contribution >= 0.6 is 0 Å². The lowest BCUT2D eigenvalue weighted by Gasteiger charge is -2.11. The fourth-order valence-corrected chi connectivity index (χ4v) is 2.00. The van der Waals surface area contributed by atoms with Gasteiger partial charge in [-0.2, -0.15) is 0 Å². The van der Waals surface area contributed by atoms with Gasteiger partial charge >= 0.3 is 0 Å². The van der Waals surface area contributed by atoms with Crippen molar-refractivity contribution in [1.82, 2.24) is 5.32 Å². The van der Waals surface area contributed by atoms with Crippen molar-refractivity contribution in [1.29, 1.82) is 0 Å². The third kappa shape index (κ3) is 3.75. The molecule has 1 saturated carbocycles. The molecule has 3 N–H and O–H groups in total. The van der Waals surface area contributed by atoms with E-state index >= 15 is 0 Å². The van der Waals surface area contributed by atoms with Crippen LogP contribution in [0.1, 0.15) is 18.4 Å². The number of para-hydroxylation sites is 1. The maximum Gasteiger partial charge on any atom is 0.273 e. The molecule has 1 aromatic rings. The number of hydrogen-bond donors (Lipinski definition) is 2. The van der Waals surface area contributed by atoms with Gasteiger partial charge in [-0.05, 0) is 18.8 Å². The third-order valence-corrected chi connectivity index (χ3v) is 3.30. The van der Waals surface area contributed by atoms with E-state index in [-0.39, 0.29) is 24.1 Å². The zero-order valence-corrected chi connectivity index (χ0v) is 10.5. The van der Waals surface area contributed by atoms with Crippen LogP contribution in [0.2, 0.25) is 0 Å². The van der Waals surface area contributed by atoms with Crippen LogP contribution in [0.25, 0.3) is 0 Å². The van der Waals surface area contributed by atoms with Gasteiger partial charge in [0.05, 0.1) is 11.3 Å². The van der Waals surface area contributed by atoms with Gasteiger partial charge < -0.3 is 11.1 Å². The molecule has 0 aromatic heterocycles. The molecule has 1 atom stereocenters. The first-order chi connectivity index (χ1) is 9.08. The van der Waals surface area contributed by atoms with Gasteiger partial charge in [-0.15, -0.1) is 0 Å². The average Bonchev–Trinajstić information content (AvgIpc) is 3.20. The van der Waals surface area contributed by atoms with Gasteiger partial charge in [0, 0.05) is 24.2 Å². The largest absolute Gasteiger partial charge is 0.354 e. The lowest BCUT2D eigenvalue weighted by atomic mass is 10.1. The van der Waals surface area contributed by atoms with Gasteiger partial charge in [0.25, 0.3) is 5.69 Å². The quantitative estimate of drug-likeness (QED) is 0.590. The van der Waals surface area contributed by atoms with Crippen molar-refractivity contribution in [2.75, 3.05) is 6.54 Å². The number of nitro benzene ring substituents is 1. The second kappa shape index (κ2) is 5.79. The summed E-state index contributed by atoms with van der Waals surface area (Å²) in [7, 11) is 0. The van der Waals surface area contributed by atoms with Crippen LogP contribution < -0.4 is 11.1 Å². The number of nitrogens with two attached hydrogens (primary N) is 1. The first-order valence-electron chi connectivity index (χ1n) is 6.32. The number of amides is 1. The van der Waals surface area contributed by atoms with Crippen LogP contribution in [0, 0.1) is 16.0 Å². The van der Waals surface area contributed by atoms with Crippen molar-refractivity contribution >= 4 is 11.6 Å². The van der Waals surface area contributed by atoms with Crippen molar-refractivity contribution in [2.24, 2.45) is 11.7 Å². The van der Waals surface area contributed by atoms with Crippen LogP contribution in [0.3, 0.4) is 0 Å². The number of benzene rings is 1. The molecule has 19 heavy (non-hydrogen) atoms. The monoisotopic (exact) mass is 263 g/mol. The molecule has 0 heterocycles. The molecule has 1 aliphatic carbocycles. The van der Waals surface area contributed by atoms with Crippen molar-refractivity contribution in [3.8, 4) is 0 Å². The summed E-state index contributed by atoms with van der Waals surface area (Å²) in [5, 5.41) is 13.6. The van der Waals surface area contributed by atoms with Crippen LogP contribution in [0.15, 0.2) is 24.3 Å². The third-order valence-electron chi connectivity index (χ3n) is 3.30. The van der Waals surface area contributed by atoms with Gasteiger partial charge in [-0.25, -0.2) is 0 Å². The fraction of sp³-hybridized carbons (Fsp3) is 0.462. The van der Waals surface area contributed by atoms with Crippen molar-refractivity contribution in [2.45, 2.75) is 25.3 Å². The Labute approximate surface area is 111 Å². The number of nitrogens with one attached hydrogen (secondary N) is 1. The van der Waals surface area contributed by atoms with Crippen molar-refractivity contribution < 1.29 is 9.72 Å². The number of nitrogens with zero attached hydrogens (tertiary/aromatic N) is 1. The molecular formula is C13H17N3O3. The van der Waals surface area contributed by atoms with Gasteiger partial charge in [-0.3, -0.25) is 14.9 Å². The molecular weight excluding hydrogens is 246 g/mol. The molecule has 102 valence electrons. The molecule has 6 nitrogen and oxygen atoms in total. The number of carbonyl (C=O) groups is 1. The molecule has 0 aliphatic heterocycles. The summed E-state index contributed by atoms with van der Waals surface area (Å²) in [6.45, 7) is 0.435. The normalized spacial score (nSPS) is 15.8. The summed E-state index contributed by atoms with van der Waals surface area (Å²) in [6, 6.07) is 6.26. The van der Waals surface area contributed by atoms with Gasteiger partial charge in [0.15, 0.2) is 0 Å². The topological polar surface area (TPSA) is 98.3 Å². The molecule has 1 fully saturated rings. The highest BCUT2D eigenvalue weighted by Crippen LogP contribution is 2.31. The van der Waals surface area contributed by atoms with Crippen LogP contribution in [0.4, 0.5) is 5.69 Å². The van der Waals surface area contributed by atoms with E-state index in [0.29, 0.717) is 18.0 Å². The highest BCUT2D eigenvalue weighted by atomic mass is 16.6. The number of rotatable bonds is 6. The van der Waals surface area contributed by atoms with Crippen molar-refractivity contribution in [3.05, 3.63) is 39.9 Å². The van der Waals surface area contributed by atoms with Gasteiger partial charge in [-0.1, -0.05) is 18.2 Å².